The van der Waals surface area contributed by atoms with E-state index in [1.807, 2.05) is 60.7 Å². The molecule has 2 aromatic heterocycles. The van der Waals surface area contributed by atoms with Gasteiger partial charge >= 0.3 is 0 Å². The molecule has 0 spiro atoms. The summed E-state index contributed by atoms with van der Waals surface area (Å²) in [6, 6.07) is 78.1. The largest absolute Gasteiger partial charge is 0.309 e. The van der Waals surface area contributed by atoms with Crippen molar-refractivity contribution in [3.63, 3.8) is 0 Å². The van der Waals surface area contributed by atoms with Crippen LogP contribution in [0.3, 0.4) is 0 Å². The summed E-state index contributed by atoms with van der Waals surface area (Å²) in [6.45, 7) is 0. The van der Waals surface area contributed by atoms with E-state index in [1.54, 1.807) is 0 Å². The highest BCUT2D eigenvalue weighted by Crippen LogP contribution is 2.33. The van der Waals surface area contributed by atoms with Crippen molar-refractivity contribution in [2.75, 3.05) is 0 Å². The number of nitrogens with zero attached hydrogens (tertiary/aromatic N) is 4. The molecule has 0 atom stereocenters. The lowest BCUT2D eigenvalue weighted by atomic mass is 10.1. The summed E-state index contributed by atoms with van der Waals surface area (Å²) in [5.41, 5.74) is 6.41. The molecule has 0 aliphatic heterocycles. The standard InChI is InChI=1S/C51H36N4Si/c1-6-19-37(20-7-1)49-52-50(38-21-8-2-9-22-38)54-51(53-49)39-33-35-43(36-34-39)56(41-25-12-4-13-26-41,42-27-14-5-15-28-42)47-32-18-30-45-44-29-16-17-31-46(44)55(48(45)47)40-23-10-3-11-24-40/h1-36H. The molecule has 0 aliphatic carbocycles. The van der Waals surface area contributed by atoms with Crippen molar-refractivity contribution in [1.82, 2.24) is 19.5 Å². The predicted octanol–water partition coefficient (Wildman–Crippen LogP) is 9.35. The van der Waals surface area contributed by atoms with Crippen molar-refractivity contribution < 1.29 is 0 Å². The third-order valence-electron chi connectivity index (χ3n) is 10.8. The van der Waals surface area contributed by atoms with Gasteiger partial charge in [-0.25, -0.2) is 15.0 Å². The summed E-state index contributed by atoms with van der Waals surface area (Å²) >= 11 is 0. The lowest BCUT2D eigenvalue weighted by Crippen LogP contribution is -2.75. The Bertz CT molecular complexity index is 2830. The molecule has 2 heterocycles. The Morgan fingerprint density at radius 3 is 1.27 bits per heavy atom. The van der Waals surface area contributed by atoms with Gasteiger partial charge in [0, 0.05) is 33.2 Å². The topological polar surface area (TPSA) is 43.6 Å². The summed E-state index contributed by atoms with van der Waals surface area (Å²) in [7, 11) is -3.02. The molecule has 0 amide bonds. The second-order valence-electron chi connectivity index (χ2n) is 14.0. The van der Waals surface area contributed by atoms with E-state index in [1.165, 1.54) is 42.6 Å². The molecule has 0 N–H and O–H groups in total. The zero-order valence-corrected chi connectivity index (χ0v) is 31.6. The molecule has 5 heteroatoms. The van der Waals surface area contributed by atoms with Gasteiger partial charge in [0.25, 0.3) is 0 Å². The second kappa shape index (κ2) is 14.2. The number of para-hydroxylation sites is 3. The fraction of sp³-hybridized carbons (Fsp3) is 0. The van der Waals surface area contributed by atoms with E-state index in [-0.39, 0.29) is 0 Å². The molecule has 4 nitrogen and oxygen atoms in total. The van der Waals surface area contributed by atoms with Crippen LogP contribution >= 0.6 is 0 Å². The van der Waals surface area contributed by atoms with E-state index in [0.717, 1.165) is 22.4 Å². The number of aromatic nitrogens is 4. The smallest absolute Gasteiger partial charge is 0.181 e. The molecule has 0 saturated carbocycles. The quantitative estimate of drug-likeness (QED) is 0.116. The minimum absolute atomic E-state index is 0.641. The first-order valence-electron chi connectivity index (χ1n) is 19.0. The summed E-state index contributed by atoms with van der Waals surface area (Å²) in [4.78, 5) is 15.1. The molecule has 0 unspecified atom stereocenters. The Morgan fingerprint density at radius 2 is 0.732 bits per heavy atom. The lowest BCUT2D eigenvalue weighted by molar-refractivity contribution is 1.07. The SMILES string of the molecule is c1ccc(-c2nc(-c3ccccc3)nc(-c3ccc([Si](c4ccccc4)(c4ccccc4)c4cccc5c6ccccc6n(-c6ccccc6)c45)cc3)n2)cc1. The van der Waals surface area contributed by atoms with Crippen LogP contribution in [-0.2, 0) is 0 Å². The van der Waals surface area contributed by atoms with Gasteiger partial charge in [-0.1, -0.05) is 200 Å². The minimum Gasteiger partial charge on any atom is -0.309 e. The third-order valence-corrected chi connectivity index (χ3v) is 15.6. The highest BCUT2D eigenvalue weighted by atomic mass is 28.3. The first kappa shape index (κ1) is 33.4. The van der Waals surface area contributed by atoms with Gasteiger partial charge in [-0.3, -0.25) is 0 Å². The average Bonchev–Trinajstić information content (AvgIpc) is 3.63. The van der Waals surface area contributed by atoms with Gasteiger partial charge in [-0.2, -0.15) is 0 Å². The van der Waals surface area contributed by atoms with Crippen molar-refractivity contribution in [3.05, 3.63) is 218 Å². The fourth-order valence-electron chi connectivity index (χ4n) is 8.32. The van der Waals surface area contributed by atoms with E-state index < -0.39 is 8.07 Å². The molecule has 8 aromatic carbocycles. The Hall–Kier alpha value is -7.21. The average molecular weight is 733 g/mol. The monoisotopic (exact) mass is 732 g/mol. The first-order valence-corrected chi connectivity index (χ1v) is 21.0. The minimum atomic E-state index is -3.02. The number of fused-ring (bicyclic) bond motifs is 3. The van der Waals surface area contributed by atoms with Gasteiger partial charge in [0.2, 0.25) is 0 Å². The van der Waals surface area contributed by atoms with E-state index in [9.17, 15) is 0 Å². The fourth-order valence-corrected chi connectivity index (χ4v) is 13.2. The number of rotatable bonds is 8. The number of hydrogen-bond acceptors (Lipinski definition) is 3. The third kappa shape index (κ3) is 5.65. The zero-order chi connectivity index (χ0) is 37.3. The van der Waals surface area contributed by atoms with Crippen LogP contribution in [0, 0.1) is 0 Å². The summed E-state index contributed by atoms with van der Waals surface area (Å²) in [5, 5.41) is 7.72. The van der Waals surface area contributed by atoms with Crippen LogP contribution in [0.25, 0.3) is 61.7 Å². The van der Waals surface area contributed by atoms with E-state index in [4.69, 9.17) is 15.0 Å². The molecule has 0 aliphatic rings. The van der Waals surface area contributed by atoms with Crippen LogP contribution < -0.4 is 20.7 Å². The van der Waals surface area contributed by atoms with Crippen LogP contribution in [0.1, 0.15) is 0 Å². The molecule has 0 bridgehead atoms. The maximum Gasteiger partial charge on any atom is 0.181 e. The summed E-state index contributed by atoms with van der Waals surface area (Å²) in [6.07, 6.45) is 0. The Balaban J connectivity index is 1.25. The number of hydrogen-bond donors (Lipinski definition) is 0. The Labute approximate surface area is 327 Å². The van der Waals surface area contributed by atoms with Crippen molar-refractivity contribution in [2.45, 2.75) is 0 Å². The van der Waals surface area contributed by atoms with Crippen molar-refractivity contribution >= 4 is 50.6 Å². The van der Waals surface area contributed by atoms with Gasteiger partial charge in [0.15, 0.2) is 25.5 Å². The van der Waals surface area contributed by atoms with Crippen molar-refractivity contribution in [1.29, 1.82) is 0 Å². The molecule has 10 rings (SSSR count). The molecule has 264 valence electrons. The highest BCUT2D eigenvalue weighted by molar-refractivity contribution is 7.20. The van der Waals surface area contributed by atoms with Gasteiger partial charge in [-0.05, 0) is 38.9 Å². The van der Waals surface area contributed by atoms with Gasteiger partial charge in [0.1, 0.15) is 0 Å². The van der Waals surface area contributed by atoms with Crippen LogP contribution in [-0.4, -0.2) is 27.6 Å². The molecular weight excluding hydrogens is 697 g/mol. The molecule has 10 aromatic rings. The molecule has 56 heavy (non-hydrogen) atoms. The first-order chi connectivity index (χ1) is 27.8. The van der Waals surface area contributed by atoms with E-state index >= 15 is 0 Å². The Kier molecular flexibility index (Phi) is 8.47. The maximum atomic E-state index is 5.06. The van der Waals surface area contributed by atoms with Gasteiger partial charge < -0.3 is 4.57 Å². The lowest BCUT2D eigenvalue weighted by Gasteiger charge is -2.35. The van der Waals surface area contributed by atoms with Crippen molar-refractivity contribution in [3.8, 4) is 39.9 Å². The van der Waals surface area contributed by atoms with Crippen LogP contribution in [0.5, 0.6) is 0 Å². The van der Waals surface area contributed by atoms with Crippen LogP contribution in [0.4, 0.5) is 0 Å². The van der Waals surface area contributed by atoms with E-state index in [0.29, 0.717) is 17.5 Å². The van der Waals surface area contributed by atoms with E-state index in [2.05, 4.69) is 162 Å². The predicted molar refractivity (Wildman–Crippen MR) is 234 cm³/mol. The van der Waals surface area contributed by atoms with Crippen LogP contribution in [0.15, 0.2) is 218 Å². The highest BCUT2D eigenvalue weighted by Gasteiger charge is 2.43. The summed E-state index contributed by atoms with van der Waals surface area (Å²) in [5.74, 6) is 1.94. The van der Waals surface area contributed by atoms with Gasteiger partial charge in [0.05, 0.1) is 11.0 Å². The summed E-state index contributed by atoms with van der Waals surface area (Å²) < 4.78 is 2.48. The van der Waals surface area contributed by atoms with Crippen molar-refractivity contribution in [2.24, 2.45) is 0 Å². The Morgan fingerprint density at radius 1 is 0.321 bits per heavy atom. The molecule has 0 radical (unpaired) electrons. The maximum absolute atomic E-state index is 5.06. The van der Waals surface area contributed by atoms with Crippen LogP contribution in [0.2, 0.25) is 0 Å². The molecule has 0 saturated heterocycles. The van der Waals surface area contributed by atoms with Gasteiger partial charge in [-0.15, -0.1) is 0 Å². The molecular formula is C51H36N4Si. The molecule has 0 fully saturated rings. The zero-order valence-electron chi connectivity index (χ0n) is 30.6. The second-order valence-corrected chi connectivity index (χ2v) is 17.8. The number of benzene rings is 8. The normalized spacial score (nSPS) is 11.6.